The number of rotatable bonds is 2. The SMILES string of the molecule is O=Cc1ccc(-c2ccc(C(F)(F)F)c(F)c2)cc1F. The molecule has 20 heavy (non-hydrogen) atoms. The highest BCUT2D eigenvalue weighted by atomic mass is 19.4. The van der Waals surface area contributed by atoms with E-state index in [0.29, 0.717) is 18.4 Å². The minimum Gasteiger partial charge on any atom is -0.298 e. The first kappa shape index (κ1) is 14.2. The number of carbonyl (C=O) groups is 1. The molecule has 0 aromatic heterocycles. The van der Waals surface area contributed by atoms with Crippen LogP contribution in [-0.2, 0) is 6.18 Å². The molecule has 0 saturated heterocycles. The summed E-state index contributed by atoms with van der Waals surface area (Å²) in [6, 6.07) is 5.78. The van der Waals surface area contributed by atoms with Crippen LogP contribution in [0.25, 0.3) is 11.1 Å². The fourth-order valence-corrected chi connectivity index (χ4v) is 1.73. The van der Waals surface area contributed by atoms with Gasteiger partial charge < -0.3 is 0 Å². The molecule has 2 rings (SSSR count). The number of hydrogen-bond acceptors (Lipinski definition) is 1. The molecule has 2 aromatic carbocycles. The Hall–Kier alpha value is -2.24. The predicted molar refractivity (Wildman–Crippen MR) is 62.2 cm³/mol. The molecule has 1 nitrogen and oxygen atoms in total. The Balaban J connectivity index is 2.47. The van der Waals surface area contributed by atoms with Gasteiger partial charge in [-0.05, 0) is 35.4 Å². The molecule has 0 aliphatic carbocycles. The zero-order chi connectivity index (χ0) is 14.9. The molecule has 0 aliphatic rings. The van der Waals surface area contributed by atoms with Gasteiger partial charge in [-0.1, -0.05) is 12.1 Å². The molecule has 0 N–H and O–H groups in total. The Bertz CT molecular complexity index is 661. The van der Waals surface area contributed by atoms with Crippen molar-refractivity contribution in [2.45, 2.75) is 6.18 Å². The Morgan fingerprint density at radius 2 is 1.40 bits per heavy atom. The van der Waals surface area contributed by atoms with E-state index in [1.54, 1.807) is 0 Å². The molecule has 0 atom stereocenters. The van der Waals surface area contributed by atoms with Crippen LogP contribution in [0.2, 0.25) is 0 Å². The van der Waals surface area contributed by atoms with Gasteiger partial charge in [-0.2, -0.15) is 13.2 Å². The summed E-state index contributed by atoms with van der Waals surface area (Å²) in [7, 11) is 0. The zero-order valence-corrected chi connectivity index (χ0v) is 9.84. The van der Waals surface area contributed by atoms with Crippen molar-refractivity contribution in [2.24, 2.45) is 0 Å². The van der Waals surface area contributed by atoms with Gasteiger partial charge in [-0.25, -0.2) is 8.78 Å². The highest BCUT2D eigenvalue weighted by Crippen LogP contribution is 2.33. The van der Waals surface area contributed by atoms with E-state index in [9.17, 15) is 26.7 Å². The molecule has 0 saturated carbocycles. The van der Waals surface area contributed by atoms with Crippen LogP contribution in [0.3, 0.4) is 0 Å². The van der Waals surface area contributed by atoms with Crippen LogP contribution in [0.5, 0.6) is 0 Å². The molecule has 0 spiro atoms. The summed E-state index contributed by atoms with van der Waals surface area (Å²) in [4.78, 5) is 10.5. The smallest absolute Gasteiger partial charge is 0.298 e. The first-order valence-electron chi connectivity index (χ1n) is 5.45. The molecule has 0 fully saturated rings. The van der Waals surface area contributed by atoms with Crippen molar-refractivity contribution in [2.75, 3.05) is 0 Å². The van der Waals surface area contributed by atoms with Crippen molar-refractivity contribution in [3.05, 3.63) is 59.2 Å². The van der Waals surface area contributed by atoms with Gasteiger partial charge >= 0.3 is 6.18 Å². The second-order valence-corrected chi connectivity index (χ2v) is 4.05. The topological polar surface area (TPSA) is 17.1 Å². The summed E-state index contributed by atoms with van der Waals surface area (Å²) in [5.74, 6) is -2.26. The highest BCUT2D eigenvalue weighted by Gasteiger charge is 2.33. The van der Waals surface area contributed by atoms with E-state index in [0.717, 1.165) is 12.1 Å². The second-order valence-electron chi connectivity index (χ2n) is 4.05. The third-order valence-electron chi connectivity index (χ3n) is 2.74. The van der Waals surface area contributed by atoms with Crippen molar-refractivity contribution in [1.82, 2.24) is 0 Å². The number of alkyl halides is 3. The number of halogens is 5. The Morgan fingerprint density at radius 1 is 0.850 bits per heavy atom. The summed E-state index contributed by atoms with van der Waals surface area (Å²) in [5, 5.41) is 0. The van der Waals surface area contributed by atoms with E-state index in [-0.39, 0.29) is 16.7 Å². The van der Waals surface area contributed by atoms with Crippen molar-refractivity contribution >= 4 is 6.29 Å². The number of aldehydes is 1. The van der Waals surface area contributed by atoms with Crippen LogP contribution in [0.4, 0.5) is 22.0 Å². The van der Waals surface area contributed by atoms with Crippen molar-refractivity contribution in [1.29, 1.82) is 0 Å². The Labute approximate surface area is 110 Å². The normalized spacial score (nSPS) is 11.4. The van der Waals surface area contributed by atoms with Crippen molar-refractivity contribution < 1.29 is 26.7 Å². The Kier molecular flexibility index (Phi) is 3.57. The van der Waals surface area contributed by atoms with Crippen LogP contribution < -0.4 is 0 Å². The lowest BCUT2D eigenvalue weighted by Gasteiger charge is -2.10. The third-order valence-corrected chi connectivity index (χ3v) is 2.74. The number of benzene rings is 2. The molecular weight excluding hydrogens is 279 g/mol. The van der Waals surface area contributed by atoms with Gasteiger partial charge in [0.1, 0.15) is 11.6 Å². The summed E-state index contributed by atoms with van der Waals surface area (Å²) in [6.45, 7) is 0. The predicted octanol–water partition coefficient (Wildman–Crippen LogP) is 4.46. The molecule has 0 radical (unpaired) electrons. The van der Waals surface area contributed by atoms with Crippen molar-refractivity contribution in [3.8, 4) is 11.1 Å². The van der Waals surface area contributed by atoms with Crippen LogP contribution in [0, 0.1) is 11.6 Å². The second kappa shape index (κ2) is 5.03. The van der Waals surface area contributed by atoms with Crippen LogP contribution in [-0.4, -0.2) is 6.29 Å². The fourth-order valence-electron chi connectivity index (χ4n) is 1.73. The molecule has 0 heterocycles. The summed E-state index contributed by atoms with van der Waals surface area (Å²) in [5.41, 5.74) is -1.29. The van der Waals surface area contributed by atoms with Gasteiger partial charge in [-0.3, -0.25) is 4.79 Å². The highest BCUT2D eigenvalue weighted by molar-refractivity contribution is 5.77. The first-order valence-corrected chi connectivity index (χ1v) is 5.45. The number of hydrogen-bond donors (Lipinski definition) is 0. The maximum atomic E-state index is 13.4. The van der Waals surface area contributed by atoms with Gasteiger partial charge in [0.2, 0.25) is 0 Å². The standard InChI is InChI=1S/C14H7F5O/c15-12-5-8(1-2-10(12)7-20)9-3-4-11(13(16)6-9)14(17,18)19/h1-7H. The zero-order valence-electron chi connectivity index (χ0n) is 9.84. The fraction of sp³-hybridized carbons (Fsp3) is 0.0714. The third kappa shape index (κ3) is 2.68. The van der Waals surface area contributed by atoms with Crippen LogP contribution >= 0.6 is 0 Å². The van der Waals surface area contributed by atoms with E-state index >= 15 is 0 Å². The van der Waals surface area contributed by atoms with Gasteiger partial charge in [0.25, 0.3) is 0 Å². The van der Waals surface area contributed by atoms with Crippen LogP contribution in [0.15, 0.2) is 36.4 Å². The molecule has 6 heteroatoms. The lowest BCUT2D eigenvalue weighted by atomic mass is 10.0. The van der Waals surface area contributed by atoms with Gasteiger partial charge in [-0.15, -0.1) is 0 Å². The molecule has 0 aliphatic heterocycles. The lowest BCUT2D eigenvalue weighted by Crippen LogP contribution is -2.07. The lowest BCUT2D eigenvalue weighted by molar-refractivity contribution is -0.139. The summed E-state index contributed by atoms with van der Waals surface area (Å²) < 4.78 is 64.0. The van der Waals surface area contributed by atoms with Crippen LogP contribution in [0.1, 0.15) is 15.9 Å². The van der Waals surface area contributed by atoms with Crippen molar-refractivity contribution in [3.63, 3.8) is 0 Å². The van der Waals surface area contributed by atoms with E-state index in [1.807, 2.05) is 0 Å². The minimum atomic E-state index is -4.78. The van der Waals surface area contributed by atoms with E-state index in [2.05, 4.69) is 0 Å². The van der Waals surface area contributed by atoms with E-state index in [1.165, 1.54) is 12.1 Å². The largest absolute Gasteiger partial charge is 0.419 e. The van der Waals surface area contributed by atoms with Gasteiger partial charge in [0.05, 0.1) is 11.1 Å². The quantitative estimate of drug-likeness (QED) is 0.588. The molecule has 0 bridgehead atoms. The van der Waals surface area contributed by atoms with Gasteiger partial charge in [0.15, 0.2) is 6.29 Å². The molecule has 0 amide bonds. The van der Waals surface area contributed by atoms with Gasteiger partial charge in [0, 0.05) is 0 Å². The summed E-state index contributed by atoms with van der Waals surface area (Å²) >= 11 is 0. The first-order chi connectivity index (χ1) is 9.32. The number of carbonyl (C=O) groups excluding carboxylic acids is 1. The maximum Gasteiger partial charge on any atom is 0.419 e. The summed E-state index contributed by atoms with van der Waals surface area (Å²) in [6.07, 6.45) is -4.47. The maximum absolute atomic E-state index is 13.4. The van der Waals surface area contributed by atoms with E-state index in [4.69, 9.17) is 0 Å². The average Bonchev–Trinajstić information content (AvgIpc) is 2.37. The average molecular weight is 286 g/mol. The monoisotopic (exact) mass is 286 g/mol. The Morgan fingerprint density at radius 3 is 1.85 bits per heavy atom. The van der Waals surface area contributed by atoms with E-state index < -0.39 is 23.4 Å². The molecule has 104 valence electrons. The molecule has 2 aromatic rings. The minimum absolute atomic E-state index is 0.0897. The molecular formula is C14H7F5O. The molecule has 0 unspecified atom stereocenters.